The third-order valence-electron chi connectivity index (χ3n) is 8.48. The Morgan fingerprint density at radius 2 is 0.833 bits per heavy atom. The maximum atomic E-state index is 13.4. The van der Waals surface area contributed by atoms with Crippen molar-refractivity contribution in [3.63, 3.8) is 0 Å². The summed E-state index contributed by atoms with van der Waals surface area (Å²) in [4.78, 5) is 0. The van der Waals surface area contributed by atoms with Gasteiger partial charge in [-0.15, -0.1) is 0 Å². The van der Waals surface area contributed by atoms with Gasteiger partial charge in [0.25, 0.3) is 10.1 Å². The molecule has 0 aliphatic rings. The first-order chi connectivity index (χ1) is 22.5. The van der Waals surface area contributed by atoms with Gasteiger partial charge < -0.3 is 0 Å². The summed E-state index contributed by atoms with van der Waals surface area (Å²) in [6.45, 7) is 25.7. The van der Waals surface area contributed by atoms with Gasteiger partial charge in [-0.05, 0) is 147 Å². The van der Waals surface area contributed by atoms with Crippen LogP contribution in [-0.4, -0.2) is 19.8 Å². The maximum Gasteiger partial charge on any atom is 0.268 e. The third-order valence-corrected chi connectivity index (χ3v) is 9.85. The predicted octanol–water partition coefficient (Wildman–Crippen LogP) is 14.2. The van der Waals surface area contributed by atoms with Gasteiger partial charge in [0, 0.05) is 12.8 Å². The summed E-state index contributed by atoms with van der Waals surface area (Å²) in [5.41, 5.74) is 9.64. The van der Waals surface area contributed by atoms with Crippen LogP contribution in [0.25, 0.3) is 0 Å². The fourth-order valence-corrected chi connectivity index (χ4v) is 6.81. The van der Waals surface area contributed by atoms with Crippen molar-refractivity contribution < 1.29 is 12.6 Å². The van der Waals surface area contributed by atoms with Crippen molar-refractivity contribution in [2.24, 2.45) is 0 Å². The van der Waals surface area contributed by atoms with Crippen LogP contribution in [-0.2, 0) is 14.3 Å². The van der Waals surface area contributed by atoms with Crippen molar-refractivity contribution in [2.75, 3.05) is 5.75 Å². The first kappa shape index (κ1) is 45.8. The standard InChI is InChI=1S/C44H74O3S/c1-13-14-34-48(45,46)47-44(35-43(12)29-17-22-38(6)7,32-30-41(10)27-18-25-39(8)23-15-20-36(2)3)33-31-42(11)28-19-26-40(9)24-16-21-37(4)5/h20-22,25-26,30-31,35H,13-19,23-24,27-29,32-34H2,1-12H3. The lowest BCUT2D eigenvalue weighted by Gasteiger charge is -2.30. The van der Waals surface area contributed by atoms with Gasteiger partial charge in [0.15, 0.2) is 0 Å². The fraction of sp³-hybridized carbons (Fsp3) is 0.636. The summed E-state index contributed by atoms with van der Waals surface area (Å²) < 4.78 is 33.1. The van der Waals surface area contributed by atoms with Gasteiger partial charge in [-0.2, -0.15) is 8.42 Å². The molecule has 0 saturated heterocycles. The van der Waals surface area contributed by atoms with Gasteiger partial charge in [-0.3, -0.25) is 4.18 Å². The normalized spacial score (nSPS) is 14.9. The minimum absolute atomic E-state index is 0.0505. The smallest absolute Gasteiger partial charge is 0.259 e. The predicted molar refractivity (Wildman–Crippen MR) is 215 cm³/mol. The van der Waals surface area contributed by atoms with Crippen LogP contribution in [0.5, 0.6) is 0 Å². The molecule has 0 radical (unpaired) electrons. The molecule has 0 unspecified atom stereocenters. The zero-order valence-corrected chi connectivity index (χ0v) is 34.2. The second-order valence-corrected chi connectivity index (χ2v) is 16.6. The van der Waals surface area contributed by atoms with Crippen LogP contribution in [0.3, 0.4) is 0 Å². The Balaban J connectivity index is 6.27. The Hall–Kier alpha value is -2.17. The molecule has 0 spiro atoms. The Labute approximate surface area is 299 Å². The molecule has 0 aliphatic heterocycles. The zero-order valence-electron chi connectivity index (χ0n) is 33.4. The highest BCUT2D eigenvalue weighted by Crippen LogP contribution is 2.32. The molecule has 4 heteroatoms. The SMILES string of the molecule is CCCCS(=O)(=O)OC(C=C(C)CCC=C(C)C)(CC=C(C)CCC=C(C)CCC=C(C)C)CC=C(C)CCC=C(C)CCC=C(C)C. The van der Waals surface area contributed by atoms with Crippen LogP contribution in [0.2, 0.25) is 0 Å². The highest BCUT2D eigenvalue weighted by molar-refractivity contribution is 7.86. The molecule has 0 aromatic carbocycles. The average molecular weight is 683 g/mol. The van der Waals surface area contributed by atoms with Crippen LogP contribution in [0.4, 0.5) is 0 Å². The van der Waals surface area contributed by atoms with Gasteiger partial charge in [0.2, 0.25) is 0 Å². The van der Waals surface area contributed by atoms with E-state index in [1.54, 1.807) is 0 Å². The second-order valence-electron chi connectivity index (χ2n) is 14.9. The van der Waals surface area contributed by atoms with Crippen LogP contribution in [0, 0.1) is 0 Å². The van der Waals surface area contributed by atoms with E-state index in [0.717, 1.165) is 70.6 Å². The third kappa shape index (κ3) is 25.8. The second kappa shape index (κ2) is 25.8. The van der Waals surface area contributed by atoms with Gasteiger partial charge in [0.1, 0.15) is 5.60 Å². The number of unbranched alkanes of at least 4 members (excludes halogenated alkanes) is 1. The van der Waals surface area contributed by atoms with Gasteiger partial charge in [-0.25, -0.2) is 0 Å². The lowest BCUT2D eigenvalue weighted by molar-refractivity contribution is 0.133. The lowest BCUT2D eigenvalue weighted by atomic mass is 9.89. The molecule has 0 fully saturated rings. The fourth-order valence-electron chi connectivity index (χ4n) is 5.39. The number of allylic oxidation sites excluding steroid dienone is 13. The van der Waals surface area contributed by atoms with E-state index < -0.39 is 15.7 Å². The van der Waals surface area contributed by atoms with Crippen molar-refractivity contribution in [3.05, 3.63) is 93.2 Å². The number of hydrogen-bond acceptors (Lipinski definition) is 3. The van der Waals surface area contributed by atoms with Crippen LogP contribution >= 0.6 is 0 Å². The average Bonchev–Trinajstić information content (AvgIpc) is 2.97. The van der Waals surface area contributed by atoms with E-state index in [1.165, 1.54) is 44.6 Å². The Morgan fingerprint density at radius 3 is 1.19 bits per heavy atom. The molecule has 0 heterocycles. The van der Waals surface area contributed by atoms with E-state index in [1.807, 2.05) is 6.92 Å². The minimum Gasteiger partial charge on any atom is -0.259 e. The quantitative estimate of drug-likeness (QED) is 0.0711. The topological polar surface area (TPSA) is 43.4 Å². The van der Waals surface area contributed by atoms with E-state index in [2.05, 4.69) is 125 Å². The van der Waals surface area contributed by atoms with E-state index in [9.17, 15) is 8.42 Å². The largest absolute Gasteiger partial charge is 0.268 e. The van der Waals surface area contributed by atoms with E-state index in [-0.39, 0.29) is 5.75 Å². The Morgan fingerprint density at radius 1 is 0.500 bits per heavy atom. The summed E-state index contributed by atoms with van der Waals surface area (Å²) in [5, 5.41) is 0. The van der Waals surface area contributed by atoms with Crippen LogP contribution in [0.15, 0.2) is 93.2 Å². The first-order valence-corrected chi connectivity index (χ1v) is 20.2. The molecule has 0 amide bonds. The number of hydrogen-bond donors (Lipinski definition) is 0. The van der Waals surface area contributed by atoms with Crippen LogP contribution < -0.4 is 0 Å². The van der Waals surface area contributed by atoms with E-state index in [4.69, 9.17) is 4.18 Å². The van der Waals surface area contributed by atoms with Gasteiger partial charge >= 0.3 is 0 Å². The zero-order chi connectivity index (χ0) is 36.6. The van der Waals surface area contributed by atoms with Crippen molar-refractivity contribution in [1.82, 2.24) is 0 Å². The summed E-state index contributed by atoms with van der Waals surface area (Å²) in [6, 6.07) is 0. The van der Waals surface area contributed by atoms with E-state index >= 15 is 0 Å². The van der Waals surface area contributed by atoms with E-state index in [0.29, 0.717) is 19.3 Å². The Kier molecular flexibility index (Phi) is 24.6. The highest BCUT2D eigenvalue weighted by Gasteiger charge is 2.33. The molecule has 274 valence electrons. The molecule has 0 atom stereocenters. The van der Waals surface area contributed by atoms with Crippen molar-refractivity contribution in [3.8, 4) is 0 Å². The van der Waals surface area contributed by atoms with Crippen molar-refractivity contribution in [1.29, 1.82) is 0 Å². The number of rotatable bonds is 25. The molecule has 0 aromatic rings. The van der Waals surface area contributed by atoms with Crippen LogP contribution in [0.1, 0.15) is 173 Å². The minimum atomic E-state index is -3.71. The highest BCUT2D eigenvalue weighted by atomic mass is 32.2. The van der Waals surface area contributed by atoms with Crippen molar-refractivity contribution in [2.45, 2.75) is 179 Å². The molecular weight excluding hydrogens is 609 g/mol. The molecule has 0 N–H and O–H groups in total. The maximum absolute atomic E-state index is 13.4. The monoisotopic (exact) mass is 683 g/mol. The molecule has 48 heavy (non-hydrogen) atoms. The van der Waals surface area contributed by atoms with Gasteiger partial charge in [-0.1, -0.05) is 107 Å². The summed E-state index contributed by atoms with van der Waals surface area (Å²) >= 11 is 0. The molecule has 0 bridgehead atoms. The molecule has 0 saturated carbocycles. The Bertz CT molecular complexity index is 1220. The summed E-state index contributed by atoms with van der Waals surface area (Å²) in [7, 11) is -3.71. The van der Waals surface area contributed by atoms with Gasteiger partial charge in [0.05, 0.1) is 5.75 Å². The first-order valence-electron chi connectivity index (χ1n) is 18.6. The molecule has 0 aliphatic carbocycles. The summed E-state index contributed by atoms with van der Waals surface area (Å²) in [6.07, 6.45) is 30.7. The van der Waals surface area contributed by atoms with Crippen molar-refractivity contribution >= 4 is 10.1 Å². The lowest BCUT2D eigenvalue weighted by Crippen LogP contribution is -2.34. The summed E-state index contributed by atoms with van der Waals surface area (Å²) in [5.74, 6) is 0.0505. The molecule has 0 rings (SSSR count). The molecule has 3 nitrogen and oxygen atoms in total. The molecule has 0 aromatic heterocycles. The molecular formula is C44H74O3S.